The highest BCUT2D eigenvalue weighted by molar-refractivity contribution is 5.85. The van der Waals surface area contributed by atoms with Gasteiger partial charge in [0.25, 0.3) is 0 Å². The van der Waals surface area contributed by atoms with E-state index in [9.17, 15) is 9.59 Å². The zero-order valence-corrected chi connectivity index (χ0v) is 13.2. The molecule has 6 heteroatoms. The average molecular weight is 316 g/mol. The molecule has 0 aromatic heterocycles. The van der Waals surface area contributed by atoms with E-state index in [0.29, 0.717) is 11.4 Å². The number of ether oxygens (including phenoxy) is 2. The lowest BCUT2D eigenvalue weighted by atomic mass is 9.93. The van der Waals surface area contributed by atoms with Gasteiger partial charge < -0.3 is 20.1 Å². The summed E-state index contributed by atoms with van der Waals surface area (Å²) in [6.07, 6.45) is 3.54. The Kier molecular flexibility index (Phi) is 5.41. The molecular formula is C17H20N2O4. The third-order valence-electron chi connectivity index (χ3n) is 3.47. The molecule has 2 amide bonds. The van der Waals surface area contributed by atoms with E-state index in [1.807, 2.05) is 24.3 Å². The molecule has 122 valence electrons. The summed E-state index contributed by atoms with van der Waals surface area (Å²) in [5.74, 6) is -0.409. The summed E-state index contributed by atoms with van der Waals surface area (Å²) in [7, 11) is 1.59. The van der Waals surface area contributed by atoms with Crippen LogP contribution in [0, 0.1) is 5.92 Å². The Morgan fingerprint density at radius 1 is 1.39 bits per heavy atom. The Morgan fingerprint density at radius 2 is 2.13 bits per heavy atom. The van der Waals surface area contributed by atoms with Gasteiger partial charge in [-0.2, -0.15) is 0 Å². The van der Waals surface area contributed by atoms with E-state index in [2.05, 4.69) is 17.2 Å². The van der Waals surface area contributed by atoms with Gasteiger partial charge in [-0.15, -0.1) is 0 Å². The van der Waals surface area contributed by atoms with Gasteiger partial charge in [0.15, 0.2) is 0 Å². The minimum absolute atomic E-state index is 0.263. The second kappa shape index (κ2) is 7.49. The molecule has 0 bridgehead atoms. The number of para-hydroxylation sites is 1. The quantitative estimate of drug-likeness (QED) is 0.816. The predicted octanol–water partition coefficient (Wildman–Crippen LogP) is 2.08. The third-order valence-corrected chi connectivity index (χ3v) is 3.47. The molecule has 1 aliphatic rings. The number of benzene rings is 1. The van der Waals surface area contributed by atoms with Crippen molar-refractivity contribution in [3.05, 3.63) is 48.2 Å². The summed E-state index contributed by atoms with van der Waals surface area (Å²) < 4.78 is 10.3. The molecule has 0 aliphatic carbocycles. The first-order chi connectivity index (χ1) is 11.1. The van der Waals surface area contributed by atoms with Gasteiger partial charge in [-0.25, -0.2) is 4.79 Å². The van der Waals surface area contributed by atoms with Gasteiger partial charge in [0.2, 0.25) is 0 Å². The minimum Gasteiger partial charge on any atom is -0.496 e. The summed E-state index contributed by atoms with van der Waals surface area (Å²) in [6, 6.07) is 6.52. The van der Waals surface area contributed by atoms with Gasteiger partial charge in [0.05, 0.1) is 19.8 Å². The van der Waals surface area contributed by atoms with Crippen molar-refractivity contribution >= 4 is 18.1 Å². The SMILES string of the molecule is C=C1NC(=O)NC(C=Cc2ccccc2OC)C1C(=O)OCC. The smallest absolute Gasteiger partial charge is 0.319 e. The molecule has 0 radical (unpaired) electrons. The number of amides is 2. The first kappa shape index (κ1) is 16.6. The minimum atomic E-state index is -0.682. The number of nitrogens with one attached hydrogen (secondary N) is 2. The Morgan fingerprint density at radius 3 is 2.83 bits per heavy atom. The fourth-order valence-corrected chi connectivity index (χ4v) is 2.40. The van der Waals surface area contributed by atoms with E-state index < -0.39 is 24.0 Å². The van der Waals surface area contributed by atoms with E-state index in [4.69, 9.17) is 9.47 Å². The van der Waals surface area contributed by atoms with Crippen molar-refractivity contribution in [3.63, 3.8) is 0 Å². The molecule has 1 heterocycles. The molecule has 2 atom stereocenters. The van der Waals surface area contributed by atoms with Crippen molar-refractivity contribution in [2.75, 3.05) is 13.7 Å². The number of carbonyl (C=O) groups is 2. The zero-order chi connectivity index (χ0) is 16.8. The number of hydrogen-bond donors (Lipinski definition) is 2. The van der Waals surface area contributed by atoms with Crippen LogP contribution in [0.1, 0.15) is 12.5 Å². The monoisotopic (exact) mass is 316 g/mol. The highest BCUT2D eigenvalue weighted by Crippen LogP contribution is 2.23. The van der Waals surface area contributed by atoms with Crippen molar-refractivity contribution in [2.45, 2.75) is 13.0 Å². The van der Waals surface area contributed by atoms with Crippen molar-refractivity contribution in [2.24, 2.45) is 5.92 Å². The molecule has 0 saturated carbocycles. The first-order valence-electron chi connectivity index (χ1n) is 7.31. The molecule has 1 aromatic rings. The Hall–Kier alpha value is -2.76. The second-order valence-corrected chi connectivity index (χ2v) is 4.98. The van der Waals surface area contributed by atoms with Gasteiger partial charge >= 0.3 is 12.0 Å². The van der Waals surface area contributed by atoms with Crippen LogP contribution >= 0.6 is 0 Å². The van der Waals surface area contributed by atoms with Crippen molar-refractivity contribution < 1.29 is 19.1 Å². The van der Waals surface area contributed by atoms with Crippen LogP contribution < -0.4 is 15.4 Å². The van der Waals surface area contributed by atoms with Gasteiger partial charge in [0.1, 0.15) is 11.7 Å². The maximum absolute atomic E-state index is 12.1. The van der Waals surface area contributed by atoms with Crippen molar-refractivity contribution in [1.82, 2.24) is 10.6 Å². The maximum Gasteiger partial charge on any atom is 0.319 e. The Bertz CT molecular complexity index is 639. The Balaban J connectivity index is 2.25. The van der Waals surface area contributed by atoms with Crippen LogP contribution in [-0.2, 0) is 9.53 Å². The number of methoxy groups -OCH3 is 1. The molecule has 1 saturated heterocycles. The van der Waals surface area contributed by atoms with Crippen LogP contribution in [0.2, 0.25) is 0 Å². The van der Waals surface area contributed by atoms with Crippen LogP contribution in [0.15, 0.2) is 42.6 Å². The molecule has 1 aromatic carbocycles. The van der Waals surface area contributed by atoms with E-state index in [-0.39, 0.29) is 6.61 Å². The van der Waals surface area contributed by atoms with Gasteiger partial charge in [-0.05, 0) is 13.0 Å². The molecule has 2 rings (SSSR count). The van der Waals surface area contributed by atoms with E-state index >= 15 is 0 Å². The van der Waals surface area contributed by atoms with Crippen molar-refractivity contribution in [1.29, 1.82) is 0 Å². The summed E-state index contributed by atoms with van der Waals surface area (Å²) in [5.41, 5.74) is 1.16. The van der Waals surface area contributed by atoms with Crippen LogP contribution in [0.25, 0.3) is 6.08 Å². The molecular weight excluding hydrogens is 296 g/mol. The lowest BCUT2D eigenvalue weighted by molar-refractivity contribution is -0.147. The number of rotatable bonds is 5. The number of urea groups is 1. The van der Waals surface area contributed by atoms with Crippen LogP contribution in [0.5, 0.6) is 5.75 Å². The highest BCUT2D eigenvalue weighted by atomic mass is 16.5. The molecule has 23 heavy (non-hydrogen) atoms. The number of carbonyl (C=O) groups excluding carboxylic acids is 2. The van der Waals surface area contributed by atoms with Crippen LogP contribution in [0.3, 0.4) is 0 Å². The summed E-state index contributed by atoms with van der Waals surface area (Å²) >= 11 is 0. The number of hydrogen-bond acceptors (Lipinski definition) is 4. The fourth-order valence-electron chi connectivity index (χ4n) is 2.40. The lowest BCUT2D eigenvalue weighted by Crippen LogP contribution is -2.55. The summed E-state index contributed by atoms with van der Waals surface area (Å²) in [6.45, 7) is 5.75. The van der Waals surface area contributed by atoms with Gasteiger partial charge in [0, 0.05) is 11.3 Å². The summed E-state index contributed by atoms with van der Waals surface area (Å²) in [4.78, 5) is 23.8. The van der Waals surface area contributed by atoms with Crippen LogP contribution in [-0.4, -0.2) is 31.8 Å². The average Bonchev–Trinajstić information content (AvgIpc) is 2.52. The molecule has 0 spiro atoms. The highest BCUT2D eigenvalue weighted by Gasteiger charge is 2.36. The van der Waals surface area contributed by atoms with Gasteiger partial charge in [-0.1, -0.05) is 36.9 Å². The standard InChI is InChI=1S/C17H20N2O4/c1-4-23-16(20)15-11(2)18-17(21)19-13(15)10-9-12-7-5-6-8-14(12)22-3/h5-10,13,15H,2,4H2,1,3H3,(H2,18,19,21). The van der Waals surface area contributed by atoms with Crippen LogP contribution in [0.4, 0.5) is 4.79 Å². The van der Waals surface area contributed by atoms with E-state index in [1.165, 1.54) is 0 Å². The Labute approximate surface area is 135 Å². The first-order valence-corrected chi connectivity index (χ1v) is 7.31. The largest absolute Gasteiger partial charge is 0.496 e. The third kappa shape index (κ3) is 3.91. The summed E-state index contributed by atoms with van der Waals surface area (Å²) in [5, 5.41) is 5.22. The van der Waals surface area contributed by atoms with E-state index in [0.717, 1.165) is 5.56 Å². The molecule has 2 unspecified atom stereocenters. The lowest BCUT2D eigenvalue weighted by Gasteiger charge is -2.31. The molecule has 6 nitrogen and oxygen atoms in total. The predicted molar refractivity (Wildman–Crippen MR) is 86.7 cm³/mol. The second-order valence-electron chi connectivity index (χ2n) is 4.98. The van der Waals surface area contributed by atoms with Crippen molar-refractivity contribution in [3.8, 4) is 5.75 Å². The van der Waals surface area contributed by atoms with Gasteiger partial charge in [-0.3, -0.25) is 4.79 Å². The van der Waals surface area contributed by atoms with E-state index in [1.54, 1.807) is 26.2 Å². The maximum atomic E-state index is 12.1. The number of esters is 1. The normalized spacial score (nSPS) is 20.8. The zero-order valence-electron chi connectivity index (χ0n) is 13.2. The molecule has 1 aliphatic heterocycles. The fraction of sp³-hybridized carbons (Fsp3) is 0.294. The molecule has 2 N–H and O–H groups in total. The molecule has 1 fully saturated rings. The topological polar surface area (TPSA) is 76.7 Å².